The first kappa shape index (κ1) is 17.0. The first-order valence-electron chi connectivity index (χ1n) is 6.21. The van der Waals surface area contributed by atoms with Crippen molar-refractivity contribution in [1.82, 2.24) is 4.31 Å². The Morgan fingerprint density at radius 2 is 2.10 bits per heavy atom. The fourth-order valence-corrected chi connectivity index (χ4v) is 6.44. The number of sulfonamides is 1. The van der Waals surface area contributed by atoms with E-state index in [-0.39, 0.29) is 19.0 Å². The van der Waals surface area contributed by atoms with E-state index < -0.39 is 14.9 Å². The van der Waals surface area contributed by atoms with E-state index in [0.717, 1.165) is 23.8 Å². The highest BCUT2D eigenvalue weighted by atomic mass is 35.5. The molecule has 0 N–H and O–H groups in total. The molecule has 21 heavy (non-hydrogen) atoms. The second-order valence-electron chi connectivity index (χ2n) is 5.24. The molecule has 1 aliphatic rings. The number of nitro groups is 1. The van der Waals surface area contributed by atoms with Gasteiger partial charge in [-0.3, -0.25) is 10.1 Å². The lowest BCUT2D eigenvalue weighted by molar-refractivity contribution is -0.384. The molecule has 10 heteroatoms. The lowest BCUT2D eigenvalue weighted by Gasteiger charge is -2.21. The molecule has 1 saturated heterocycles. The van der Waals surface area contributed by atoms with E-state index in [2.05, 4.69) is 13.8 Å². The van der Waals surface area contributed by atoms with Gasteiger partial charge in [0.1, 0.15) is 4.21 Å². The molecule has 0 atom stereocenters. The quantitative estimate of drug-likeness (QED) is 0.602. The van der Waals surface area contributed by atoms with Crippen molar-refractivity contribution in [1.29, 1.82) is 0 Å². The molecule has 0 bridgehead atoms. The van der Waals surface area contributed by atoms with Crippen LogP contribution in [0.25, 0.3) is 0 Å². The minimum Gasteiger partial charge on any atom is -0.258 e. The van der Waals surface area contributed by atoms with E-state index in [0.29, 0.717) is 18.8 Å². The lowest BCUT2D eigenvalue weighted by atomic mass is 10.1. The van der Waals surface area contributed by atoms with E-state index in [1.165, 1.54) is 4.31 Å². The van der Waals surface area contributed by atoms with Crippen molar-refractivity contribution in [3.8, 4) is 0 Å². The summed E-state index contributed by atoms with van der Waals surface area (Å²) in [7, 11) is -3.72. The fourth-order valence-electron chi connectivity index (χ4n) is 1.96. The van der Waals surface area contributed by atoms with Crippen LogP contribution in [-0.2, 0) is 10.0 Å². The molecule has 0 amide bonds. The van der Waals surface area contributed by atoms with Crippen molar-refractivity contribution >= 4 is 50.4 Å². The van der Waals surface area contributed by atoms with Crippen molar-refractivity contribution in [2.24, 2.45) is 0 Å². The molecule has 0 radical (unpaired) electrons. The van der Waals surface area contributed by atoms with Crippen LogP contribution in [0.1, 0.15) is 20.3 Å². The molecule has 2 heterocycles. The Labute approximate surface area is 136 Å². The monoisotopic (exact) mass is 370 g/mol. The largest absolute Gasteiger partial charge is 0.300 e. The average Bonchev–Trinajstić information content (AvgIpc) is 2.66. The van der Waals surface area contributed by atoms with Gasteiger partial charge in [-0.25, -0.2) is 8.42 Å². The maximum Gasteiger partial charge on any atom is 0.300 e. The molecule has 1 aliphatic heterocycles. The molecule has 0 spiro atoms. The zero-order chi connectivity index (χ0) is 15.8. The molecule has 6 nitrogen and oxygen atoms in total. The minimum absolute atomic E-state index is 0.0311. The topological polar surface area (TPSA) is 80.5 Å². The molecule has 1 fully saturated rings. The van der Waals surface area contributed by atoms with Crippen molar-refractivity contribution < 1.29 is 13.3 Å². The summed E-state index contributed by atoms with van der Waals surface area (Å²) in [6, 6.07) is 1.05. The Kier molecular flexibility index (Phi) is 4.89. The van der Waals surface area contributed by atoms with Gasteiger partial charge in [-0.1, -0.05) is 25.4 Å². The summed E-state index contributed by atoms with van der Waals surface area (Å²) < 4.78 is 26.4. The van der Waals surface area contributed by atoms with Crippen molar-refractivity contribution in [2.75, 3.05) is 18.8 Å². The Balaban J connectivity index is 2.29. The first-order valence-corrected chi connectivity index (χ1v) is 9.83. The van der Waals surface area contributed by atoms with Crippen LogP contribution >= 0.6 is 34.7 Å². The summed E-state index contributed by atoms with van der Waals surface area (Å²) in [4.78, 5) is 10.1. The van der Waals surface area contributed by atoms with Gasteiger partial charge in [-0.2, -0.15) is 16.1 Å². The van der Waals surface area contributed by atoms with Crippen LogP contribution in [0.4, 0.5) is 5.69 Å². The number of hydrogen-bond acceptors (Lipinski definition) is 6. The van der Waals surface area contributed by atoms with Crippen molar-refractivity contribution in [3.05, 3.63) is 20.5 Å². The smallest absolute Gasteiger partial charge is 0.258 e. The highest BCUT2D eigenvalue weighted by Crippen LogP contribution is 2.39. The third-order valence-electron chi connectivity index (χ3n) is 3.23. The van der Waals surface area contributed by atoms with Crippen molar-refractivity contribution in [2.45, 2.75) is 29.2 Å². The van der Waals surface area contributed by atoms with Gasteiger partial charge in [0.2, 0.25) is 0 Å². The van der Waals surface area contributed by atoms with Gasteiger partial charge in [-0.15, -0.1) is 11.3 Å². The lowest BCUT2D eigenvalue weighted by Crippen LogP contribution is -2.33. The predicted octanol–water partition coefficient (Wildman–Crippen LogP) is 3.22. The van der Waals surface area contributed by atoms with Gasteiger partial charge in [0.15, 0.2) is 4.34 Å². The van der Waals surface area contributed by atoms with Gasteiger partial charge in [0.05, 0.1) is 4.92 Å². The van der Waals surface area contributed by atoms with Crippen LogP contribution in [0.3, 0.4) is 0 Å². The number of halogens is 1. The third kappa shape index (κ3) is 3.70. The summed E-state index contributed by atoms with van der Waals surface area (Å²) in [5, 5.41) is 10.8. The highest BCUT2D eigenvalue weighted by molar-refractivity contribution is 8.00. The van der Waals surface area contributed by atoms with Gasteiger partial charge >= 0.3 is 0 Å². The maximum absolute atomic E-state index is 12.6. The zero-order valence-electron chi connectivity index (χ0n) is 11.5. The molecule has 1 aromatic heterocycles. The van der Waals surface area contributed by atoms with E-state index in [1.807, 2.05) is 0 Å². The van der Waals surface area contributed by atoms with Crippen LogP contribution in [0, 0.1) is 10.1 Å². The summed E-state index contributed by atoms with van der Waals surface area (Å²) >= 11 is 8.22. The van der Waals surface area contributed by atoms with Crippen LogP contribution in [0.15, 0.2) is 10.3 Å². The molecular weight excluding hydrogens is 356 g/mol. The molecule has 0 aliphatic carbocycles. The Hall–Kier alpha value is -0.350. The number of thioether (sulfide) groups is 1. The molecule has 0 saturated carbocycles. The SMILES string of the molecule is CC1(C)CCN(S(=O)(=O)c2cc([N+](=O)[O-])c(Cl)s2)CCS1. The number of nitrogens with zero attached hydrogens (tertiary/aromatic N) is 2. The Morgan fingerprint density at radius 1 is 1.43 bits per heavy atom. The van der Waals surface area contributed by atoms with E-state index >= 15 is 0 Å². The van der Waals surface area contributed by atoms with Crippen LogP contribution in [0.2, 0.25) is 4.34 Å². The molecule has 0 unspecified atom stereocenters. The van der Waals surface area contributed by atoms with Gasteiger partial charge in [0.25, 0.3) is 15.7 Å². The normalized spacial score (nSPS) is 20.1. The average molecular weight is 371 g/mol. The second kappa shape index (κ2) is 6.04. The summed E-state index contributed by atoms with van der Waals surface area (Å²) in [6.07, 6.45) is 0.734. The van der Waals surface area contributed by atoms with E-state index in [9.17, 15) is 18.5 Å². The fraction of sp³-hybridized carbons (Fsp3) is 0.636. The summed E-state index contributed by atoms with van der Waals surface area (Å²) in [5.74, 6) is 0.702. The molecule has 1 aromatic rings. The van der Waals surface area contributed by atoms with Gasteiger partial charge < -0.3 is 0 Å². The Bertz CT molecular complexity index is 656. The number of thiophene rings is 1. The second-order valence-corrected chi connectivity index (χ2v) is 10.9. The van der Waals surface area contributed by atoms with E-state index in [4.69, 9.17) is 11.6 Å². The van der Waals surface area contributed by atoms with Crippen LogP contribution in [-0.4, -0.2) is 41.2 Å². The van der Waals surface area contributed by atoms with Crippen LogP contribution in [0.5, 0.6) is 0 Å². The standard InChI is InChI=1S/C11H15ClN2O4S3/c1-11(2)3-4-13(5-6-19-11)21(17,18)9-7-8(14(15)16)10(12)20-9/h7H,3-6H2,1-2H3. The third-order valence-corrected chi connectivity index (χ3v) is 8.29. The number of hydrogen-bond donors (Lipinski definition) is 0. The molecule has 0 aromatic carbocycles. The first-order chi connectivity index (χ1) is 9.63. The van der Waals surface area contributed by atoms with Gasteiger partial charge in [-0.05, 0) is 6.42 Å². The number of rotatable bonds is 3. The van der Waals surface area contributed by atoms with Gasteiger partial charge in [0, 0.05) is 29.7 Å². The van der Waals surface area contributed by atoms with Crippen LogP contribution < -0.4 is 0 Å². The summed E-state index contributed by atoms with van der Waals surface area (Å²) in [6.45, 7) is 4.98. The minimum atomic E-state index is -3.72. The zero-order valence-corrected chi connectivity index (χ0v) is 14.7. The summed E-state index contributed by atoms with van der Waals surface area (Å²) in [5.41, 5.74) is -0.357. The molecule has 2 rings (SSSR count). The molecular formula is C11H15ClN2O4S3. The van der Waals surface area contributed by atoms with E-state index in [1.54, 1.807) is 11.8 Å². The predicted molar refractivity (Wildman–Crippen MR) is 85.9 cm³/mol. The maximum atomic E-state index is 12.6. The highest BCUT2D eigenvalue weighted by Gasteiger charge is 2.33. The molecule has 118 valence electrons. The van der Waals surface area contributed by atoms with Crippen molar-refractivity contribution in [3.63, 3.8) is 0 Å². The Morgan fingerprint density at radius 3 is 2.67 bits per heavy atom.